The topological polar surface area (TPSA) is 93.2 Å². The monoisotopic (exact) mass is 346 g/mol. The van der Waals surface area contributed by atoms with E-state index in [2.05, 4.69) is 10.4 Å². The van der Waals surface area contributed by atoms with Crippen molar-refractivity contribution >= 4 is 29.0 Å². The lowest BCUT2D eigenvalue weighted by atomic mass is 9.90. The summed E-state index contributed by atoms with van der Waals surface area (Å²) < 4.78 is 1.32. The van der Waals surface area contributed by atoms with Crippen LogP contribution in [0, 0.1) is 0 Å². The van der Waals surface area contributed by atoms with Gasteiger partial charge in [0.15, 0.2) is 0 Å². The highest BCUT2D eigenvalue weighted by atomic mass is 35.5. The van der Waals surface area contributed by atoms with E-state index < -0.39 is 6.10 Å². The van der Waals surface area contributed by atoms with E-state index in [4.69, 9.17) is 17.3 Å². The summed E-state index contributed by atoms with van der Waals surface area (Å²) in [7, 11) is 0. The smallest absolute Gasteiger partial charge is 0.256 e. The molecule has 0 saturated heterocycles. The van der Waals surface area contributed by atoms with Gasteiger partial charge < -0.3 is 16.2 Å². The molecule has 0 unspecified atom stereocenters. The Morgan fingerprint density at radius 2 is 2.25 bits per heavy atom. The molecule has 2 heterocycles. The first-order valence-corrected chi connectivity index (χ1v) is 8.54. The van der Waals surface area contributed by atoms with Crippen molar-refractivity contribution < 1.29 is 9.90 Å². The summed E-state index contributed by atoms with van der Waals surface area (Å²) in [6, 6.07) is 5.53. The number of anilines is 2. The zero-order valence-corrected chi connectivity index (χ0v) is 13.9. The molecule has 4 rings (SSSR count). The van der Waals surface area contributed by atoms with Crippen LogP contribution in [0.1, 0.15) is 40.4 Å². The number of aliphatic hydroxyl groups excluding tert-OH is 1. The summed E-state index contributed by atoms with van der Waals surface area (Å²) >= 11 is 6.11. The van der Waals surface area contributed by atoms with E-state index in [-0.39, 0.29) is 11.8 Å². The van der Waals surface area contributed by atoms with Crippen LogP contribution in [-0.4, -0.2) is 33.4 Å². The number of halogens is 1. The minimum atomic E-state index is -0.411. The SMILES string of the molecule is Nc1c2c(nn1C(=O)[C@@H]1CCNc3ccc(Cl)cc31)CC[C@@H](O)C2. The van der Waals surface area contributed by atoms with Crippen LogP contribution in [-0.2, 0) is 12.8 Å². The van der Waals surface area contributed by atoms with Gasteiger partial charge in [-0.15, -0.1) is 0 Å². The third-order valence-corrected chi connectivity index (χ3v) is 5.14. The summed E-state index contributed by atoms with van der Waals surface area (Å²) in [5.41, 5.74) is 9.61. The number of rotatable bonds is 1. The molecule has 1 aromatic heterocycles. The van der Waals surface area contributed by atoms with Crippen LogP contribution in [0.2, 0.25) is 5.02 Å². The molecular weight excluding hydrogens is 328 g/mol. The number of nitrogens with one attached hydrogen (secondary N) is 1. The molecule has 2 aliphatic rings. The highest BCUT2D eigenvalue weighted by Crippen LogP contribution is 2.36. The highest BCUT2D eigenvalue weighted by Gasteiger charge is 2.32. The number of aromatic nitrogens is 2. The standard InChI is InChI=1S/C17H19ClN4O2/c18-9-1-3-14-12(7-9)11(5-6-20-14)17(24)22-16(19)13-8-10(23)2-4-15(13)21-22/h1,3,7,10-11,20,23H,2,4-6,8,19H2/t10-,11-/m1/s1. The summed E-state index contributed by atoms with van der Waals surface area (Å²) in [5.74, 6) is -0.106. The van der Waals surface area contributed by atoms with Crippen molar-refractivity contribution in [3.05, 3.63) is 40.0 Å². The van der Waals surface area contributed by atoms with E-state index in [0.29, 0.717) is 43.1 Å². The fraction of sp³-hybridized carbons (Fsp3) is 0.412. The largest absolute Gasteiger partial charge is 0.393 e. The summed E-state index contributed by atoms with van der Waals surface area (Å²) in [6.45, 7) is 0.713. The minimum absolute atomic E-state index is 0.138. The van der Waals surface area contributed by atoms with E-state index >= 15 is 0 Å². The first kappa shape index (κ1) is 15.5. The zero-order valence-electron chi connectivity index (χ0n) is 13.1. The molecule has 7 heteroatoms. The molecule has 126 valence electrons. The number of benzene rings is 1. The number of aryl methyl sites for hydroxylation is 1. The van der Waals surface area contributed by atoms with E-state index in [0.717, 1.165) is 22.5 Å². The van der Waals surface area contributed by atoms with Crippen molar-refractivity contribution in [1.29, 1.82) is 0 Å². The van der Waals surface area contributed by atoms with Gasteiger partial charge in [0.1, 0.15) is 5.82 Å². The van der Waals surface area contributed by atoms with Gasteiger partial charge in [-0.05, 0) is 43.0 Å². The number of nitrogens with two attached hydrogens (primary N) is 1. The van der Waals surface area contributed by atoms with Crippen LogP contribution < -0.4 is 11.1 Å². The molecule has 1 aliphatic heterocycles. The predicted molar refractivity (Wildman–Crippen MR) is 92.6 cm³/mol. The number of carbonyl (C=O) groups is 1. The van der Waals surface area contributed by atoms with E-state index in [1.165, 1.54) is 4.68 Å². The van der Waals surface area contributed by atoms with E-state index in [9.17, 15) is 9.90 Å². The Kier molecular flexibility index (Phi) is 3.73. The zero-order chi connectivity index (χ0) is 16.8. The van der Waals surface area contributed by atoms with Crippen LogP contribution in [0.25, 0.3) is 0 Å². The van der Waals surface area contributed by atoms with Gasteiger partial charge in [0, 0.05) is 29.2 Å². The number of hydrogen-bond acceptors (Lipinski definition) is 5. The lowest BCUT2D eigenvalue weighted by Crippen LogP contribution is -2.28. The Morgan fingerprint density at radius 1 is 1.42 bits per heavy atom. The van der Waals surface area contributed by atoms with Gasteiger partial charge in [-0.25, -0.2) is 0 Å². The van der Waals surface area contributed by atoms with Crippen LogP contribution >= 0.6 is 11.6 Å². The molecule has 1 aromatic carbocycles. The summed E-state index contributed by atoms with van der Waals surface area (Å²) in [4.78, 5) is 13.1. The molecule has 4 N–H and O–H groups in total. The normalized spacial score (nSPS) is 22.4. The van der Waals surface area contributed by atoms with Gasteiger partial charge in [0.2, 0.25) is 0 Å². The third kappa shape index (κ3) is 2.46. The molecule has 2 aromatic rings. The summed E-state index contributed by atoms with van der Waals surface area (Å²) in [6.07, 6.45) is 2.02. The quantitative estimate of drug-likeness (QED) is 0.736. The maximum Gasteiger partial charge on any atom is 0.256 e. The van der Waals surface area contributed by atoms with Gasteiger partial charge in [0.25, 0.3) is 5.91 Å². The van der Waals surface area contributed by atoms with Gasteiger partial charge in [-0.3, -0.25) is 4.79 Å². The van der Waals surface area contributed by atoms with Gasteiger partial charge in [0.05, 0.1) is 17.7 Å². The van der Waals surface area contributed by atoms with Crippen molar-refractivity contribution in [2.75, 3.05) is 17.6 Å². The molecule has 1 aliphatic carbocycles. The number of aliphatic hydroxyl groups is 1. The molecule has 2 atom stereocenters. The van der Waals surface area contributed by atoms with Gasteiger partial charge in [-0.2, -0.15) is 9.78 Å². The lowest BCUT2D eigenvalue weighted by Gasteiger charge is -2.26. The third-order valence-electron chi connectivity index (χ3n) is 4.90. The van der Waals surface area contributed by atoms with E-state index in [1.807, 2.05) is 18.2 Å². The van der Waals surface area contributed by atoms with Crippen molar-refractivity contribution in [1.82, 2.24) is 9.78 Å². The Morgan fingerprint density at radius 3 is 3.08 bits per heavy atom. The molecule has 0 fully saturated rings. The number of nitrogen functional groups attached to an aromatic ring is 1. The van der Waals surface area contributed by atoms with Crippen LogP contribution in [0.15, 0.2) is 18.2 Å². The maximum absolute atomic E-state index is 13.1. The molecule has 0 spiro atoms. The lowest BCUT2D eigenvalue weighted by molar-refractivity contribution is 0.0859. The molecule has 0 radical (unpaired) electrons. The number of nitrogens with zero attached hydrogens (tertiary/aromatic N) is 2. The second-order valence-corrected chi connectivity index (χ2v) is 6.89. The predicted octanol–water partition coefficient (Wildman–Crippen LogP) is 2.21. The van der Waals surface area contributed by atoms with Crippen LogP contribution in [0.5, 0.6) is 0 Å². The fourth-order valence-corrected chi connectivity index (χ4v) is 3.82. The van der Waals surface area contributed by atoms with Crippen LogP contribution in [0.4, 0.5) is 11.5 Å². The second-order valence-electron chi connectivity index (χ2n) is 6.46. The van der Waals surface area contributed by atoms with Crippen LogP contribution in [0.3, 0.4) is 0 Å². The Hall–Kier alpha value is -2.05. The Balaban J connectivity index is 1.72. The number of hydrogen-bond donors (Lipinski definition) is 3. The van der Waals surface area contributed by atoms with Gasteiger partial charge in [-0.1, -0.05) is 11.6 Å². The average molecular weight is 347 g/mol. The van der Waals surface area contributed by atoms with Gasteiger partial charge >= 0.3 is 0 Å². The number of fused-ring (bicyclic) bond motifs is 2. The van der Waals surface area contributed by atoms with Crippen molar-refractivity contribution in [3.63, 3.8) is 0 Å². The van der Waals surface area contributed by atoms with Crippen molar-refractivity contribution in [3.8, 4) is 0 Å². The van der Waals surface area contributed by atoms with Crippen molar-refractivity contribution in [2.24, 2.45) is 0 Å². The Labute approximate surface area is 144 Å². The van der Waals surface area contributed by atoms with E-state index in [1.54, 1.807) is 0 Å². The number of carbonyl (C=O) groups excluding carboxylic acids is 1. The summed E-state index contributed by atoms with van der Waals surface area (Å²) in [5, 5.41) is 18.2. The molecule has 0 amide bonds. The minimum Gasteiger partial charge on any atom is -0.393 e. The second kappa shape index (κ2) is 5.79. The molecule has 0 saturated carbocycles. The fourth-order valence-electron chi connectivity index (χ4n) is 3.64. The average Bonchev–Trinajstić information content (AvgIpc) is 2.90. The first-order chi connectivity index (χ1) is 11.5. The molecule has 0 bridgehead atoms. The highest BCUT2D eigenvalue weighted by molar-refractivity contribution is 6.30. The van der Waals surface area contributed by atoms with Crippen molar-refractivity contribution in [2.45, 2.75) is 37.7 Å². The molecular formula is C17H19ClN4O2. The maximum atomic E-state index is 13.1. The first-order valence-electron chi connectivity index (χ1n) is 8.16. The Bertz CT molecular complexity index is 817. The molecule has 24 heavy (non-hydrogen) atoms. The molecule has 6 nitrogen and oxygen atoms in total.